The van der Waals surface area contributed by atoms with Gasteiger partial charge in [0.2, 0.25) is 0 Å². The molecule has 112 valence electrons. The average molecular weight is 288 g/mol. The minimum absolute atomic E-state index is 0.169. The molecule has 1 aliphatic rings. The molecule has 2 rings (SSSR count). The molecule has 1 aromatic rings. The Kier molecular flexibility index (Phi) is 4.55. The lowest BCUT2D eigenvalue weighted by Gasteiger charge is -2.21. The number of alkyl halides is 3. The summed E-state index contributed by atoms with van der Waals surface area (Å²) in [5, 5.41) is 0. The first-order valence-electron chi connectivity index (χ1n) is 6.66. The van der Waals surface area contributed by atoms with Gasteiger partial charge in [0.05, 0.1) is 0 Å². The predicted octanol–water partition coefficient (Wildman–Crippen LogP) is 2.75. The standard InChI is InChI=1S/C14H19F3N2O/c1-10-5-12(7-18)9-19(10)8-11-3-2-4-13(6-11)20-14(15,16)17/h2-4,6,10,12H,5,7-9,18H2,1H3. The van der Waals surface area contributed by atoms with Crippen LogP contribution in [0.3, 0.4) is 0 Å². The summed E-state index contributed by atoms with van der Waals surface area (Å²) in [6.45, 7) is 4.28. The van der Waals surface area contributed by atoms with Crippen LogP contribution in [0.2, 0.25) is 0 Å². The van der Waals surface area contributed by atoms with Crippen molar-refractivity contribution in [2.75, 3.05) is 13.1 Å². The lowest BCUT2D eigenvalue weighted by atomic mass is 10.1. The molecular formula is C14H19F3N2O. The fourth-order valence-electron chi connectivity index (χ4n) is 2.68. The van der Waals surface area contributed by atoms with Gasteiger partial charge in [-0.1, -0.05) is 12.1 Å². The minimum Gasteiger partial charge on any atom is -0.406 e. The Morgan fingerprint density at radius 3 is 2.75 bits per heavy atom. The van der Waals surface area contributed by atoms with Crippen LogP contribution in [0.25, 0.3) is 0 Å². The summed E-state index contributed by atoms with van der Waals surface area (Å²) < 4.78 is 40.5. The summed E-state index contributed by atoms with van der Waals surface area (Å²) in [4.78, 5) is 2.24. The first kappa shape index (κ1) is 15.1. The highest BCUT2D eigenvalue weighted by atomic mass is 19.4. The third-order valence-electron chi connectivity index (χ3n) is 3.64. The molecule has 6 heteroatoms. The van der Waals surface area contributed by atoms with E-state index in [-0.39, 0.29) is 5.75 Å². The van der Waals surface area contributed by atoms with Crippen molar-refractivity contribution in [2.45, 2.75) is 32.3 Å². The summed E-state index contributed by atoms with van der Waals surface area (Å²) in [5.41, 5.74) is 6.49. The maximum atomic E-state index is 12.2. The maximum Gasteiger partial charge on any atom is 0.573 e. The van der Waals surface area contributed by atoms with Crippen molar-refractivity contribution < 1.29 is 17.9 Å². The van der Waals surface area contributed by atoms with Crippen LogP contribution in [0.4, 0.5) is 13.2 Å². The zero-order valence-electron chi connectivity index (χ0n) is 11.4. The lowest BCUT2D eigenvalue weighted by Crippen LogP contribution is -2.27. The predicted molar refractivity (Wildman–Crippen MR) is 70.2 cm³/mol. The van der Waals surface area contributed by atoms with Crippen LogP contribution >= 0.6 is 0 Å². The number of likely N-dealkylation sites (tertiary alicyclic amines) is 1. The monoisotopic (exact) mass is 288 g/mol. The molecule has 1 heterocycles. The van der Waals surface area contributed by atoms with E-state index in [0.717, 1.165) is 18.5 Å². The van der Waals surface area contributed by atoms with Crippen molar-refractivity contribution in [2.24, 2.45) is 11.7 Å². The van der Waals surface area contributed by atoms with Crippen LogP contribution in [0, 0.1) is 5.92 Å². The van der Waals surface area contributed by atoms with Crippen molar-refractivity contribution in [3.8, 4) is 5.75 Å². The van der Waals surface area contributed by atoms with Gasteiger partial charge in [-0.15, -0.1) is 13.2 Å². The van der Waals surface area contributed by atoms with Crippen molar-refractivity contribution in [3.05, 3.63) is 29.8 Å². The van der Waals surface area contributed by atoms with Crippen LogP contribution in [-0.4, -0.2) is 30.4 Å². The first-order chi connectivity index (χ1) is 9.37. The van der Waals surface area contributed by atoms with Crippen LogP contribution in [0.1, 0.15) is 18.9 Å². The van der Waals surface area contributed by atoms with E-state index < -0.39 is 6.36 Å². The van der Waals surface area contributed by atoms with E-state index in [4.69, 9.17) is 5.73 Å². The molecule has 0 saturated carbocycles. The molecule has 1 aliphatic heterocycles. The SMILES string of the molecule is CC1CC(CN)CN1Cc1cccc(OC(F)(F)F)c1. The Bertz CT molecular complexity index is 450. The minimum atomic E-state index is -4.65. The van der Waals surface area contributed by atoms with Gasteiger partial charge in [-0.2, -0.15) is 0 Å². The number of nitrogens with zero attached hydrogens (tertiary/aromatic N) is 1. The third-order valence-corrected chi connectivity index (χ3v) is 3.64. The Labute approximate surface area is 116 Å². The number of hydrogen-bond donors (Lipinski definition) is 1. The van der Waals surface area contributed by atoms with E-state index in [1.165, 1.54) is 12.1 Å². The number of ether oxygens (including phenoxy) is 1. The molecule has 1 saturated heterocycles. The fourth-order valence-corrected chi connectivity index (χ4v) is 2.68. The first-order valence-corrected chi connectivity index (χ1v) is 6.66. The van der Waals surface area contributed by atoms with Gasteiger partial charge < -0.3 is 10.5 Å². The largest absolute Gasteiger partial charge is 0.573 e. The van der Waals surface area contributed by atoms with Crippen molar-refractivity contribution in [3.63, 3.8) is 0 Å². The zero-order chi connectivity index (χ0) is 14.8. The number of halogens is 3. The van der Waals surface area contributed by atoms with Crippen molar-refractivity contribution >= 4 is 0 Å². The number of nitrogens with two attached hydrogens (primary N) is 1. The Balaban J connectivity index is 2.01. The molecule has 0 bridgehead atoms. The zero-order valence-corrected chi connectivity index (χ0v) is 11.4. The Hall–Kier alpha value is -1.27. The molecule has 1 fully saturated rings. The van der Waals surface area contributed by atoms with E-state index in [9.17, 15) is 13.2 Å². The van der Waals surface area contributed by atoms with E-state index in [0.29, 0.717) is 25.0 Å². The molecule has 20 heavy (non-hydrogen) atoms. The van der Waals surface area contributed by atoms with Gasteiger partial charge in [0.15, 0.2) is 0 Å². The Morgan fingerprint density at radius 1 is 1.40 bits per heavy atom. The molecule has 0 aromatic heterocycles. The van der Waals surface area contributed by atoms with Gasteiger partial charge in [0, 0.05) is 19.1 Å². The summed E-state index contributed by atoms with van der Waals surface area (Å²) in [6.07, 6.45) is -3.61. The molecule has 2 atom stereocenters. The van der Waals surface area contributed by atoms with Gasteiger partial charge in [-0.05, 0) is 43.5 Å². The summed E-state index contributed by atoms with van der Waals surface area (Å²) in [5.74, 6) is 0.303. The molecule has 2 N–H and O–H groups in total. The van der Waals surface area contributed by atoms with Crippen LogP contribution in [-0.2, 0) is 6.54 Å². The van der Waals surface area contributed by atoms with E-state index in [1.807, 2.05) is 6.07 Å². The summed E-state index contributed by atoms with van der Waals surface area (Å²) in [7, 11) is 0. The number of benzene rings is 1. The van der Waals surface area contributed by atoms with Gasteiger partial charge >= 0.3 is 6.36 Å². The second-order valence-corrected chi connectivity index (χ2v) is 5.31. The van der Waals surface area contributed by atoms with Gasteiger partial charge in [-0.25, -0.2) is 0 Å². The number of hydrogen-bond acceptors (Lipinski definition) is 3. The molecule has 2 unspecified atom stereocenters. The molecule has 0 radical (unpaired) electrons. The molecular weight excluding hydrogens is 269 g/mol. The molecule has 0 spiro atoms. The van der Waals surface area contributed by atoms with E-state index in [2.05, 4.69) is 16.6 Å². The third kappa shape index (κ3) is 4.11. The number of rotatable bonds is 4. The van der Waals surface area contributed by atoms with Crippen LogP contribution < -0.4 is 10.5 Å². The van der Waals surface area contributed by atoms with E-state index >= 15 is 0 Å². The smallest absolute Gasteiger partial charge is 0.406 e. The van der Waals surface area contributed by atoms with Crippen molar-refractivity contribution in [1.82, 2.24) is 4.90 Å². The highest BCUT2D eigenvalue weighted by molar-refractivity contribution is 5.28. The fraction of sp³-hybridized carbons (Fsp3) is 0.571. The molecule has 0 aliphatic carbocycles. The highest BCUT2D eigenvalue weighted by Gasteiger charge is 2.31. The molecule has 0 amide bonds. The Morgan fingerprint density at radius 2 is 2.15 bits per heavy atom. The van der Waals surface area contributed by atoms with Gasteiger partial charge in [0.1, 0.15) is 5.75 Å². The molecule has 3 nitrogen and oxygen atoms in total. The van der Waals surface area contributed by atoms with E-state index in [1.54, 1.807) is 6.07 Å². The van der Waals surface area contributed by atoms with Crippen LogP contribution in [0.5, 0.6) is 5.75 Å². The summed E-state index contributed by atoms with van der Waals surface area (Å²) in [6, 6.07) is 6.54. The second kappa shape index (κ2) is 6.01. The summed E-state index contributed by atoms with van der Waals surface area (Å²) >= 11 is 0. The second-order valence-electron chi connectivity index (χ2n) is 5.31. The van der Waals surface area contributed by atoms with Crippen LogP contribution in [0.15, 0.2) is 24.3 Å². The normalized spacial score (nSPS) is 24.1. The maximum absolute atomic E-state index is 12.2. The highest BCUT2D eigenvalue weighted by Crippen LogP contribution is 2.27. The lowest BCUT2D eigenvalue weighted by molar-refractivity contribution is -0.274. The van der Waals surface area contributed by atoms with Gasteiger partial charge in [0.25, 0.3) is 0 Å². The molecule has 1 aromatic carbocycles. The topological polar surface area (TPSA) is 38.5 Å². The van der Waals surface area contributed by atoms with Crippen molar-refractivity contribution in [1.29, 1.82) is 0 Å². The quantitative estimate of drug-likeness (QED) is 0.926. The average Bonchev–Trinajstić information content (AvgIpc) is 2.68. The van der Waals surface area contributed by atoms with Gasteiger partial charge in [-0.3, -0.25) is 4.90 Å².